The average Bonchev–Trinajstić information content (AvgIpc) is 1.93. The fraction of sp³-hybridized carbons (Fsp3) is 0.208. The van der Waals surface area contributed by atoms with Crippen LogP contribution >= 0.6 is 240 Å². The first-order valence-corrected chi connectivity index (χ1v) is 34.1. The number of hydrogen-bond acceptors (Lipinski definition) is 15. The molecular formula is C48H31Br8I5N4O19. The van der Waals surface area contributed by atoms with E-state index < -0.39 is 83.7 Å². The monoisotopic (exact) mass is 2230 g/mol. The van der Waals surface area contributed by atoms with Crippen LogP contribution in [0.4, 0.5) is 5.69 Å². The fourth-order valence-corrected chi connectivity index (χ4v) is 16.4. The van der Waals surface area contributed by atoms with Crippen molar-refractivity contribution in [3.8, 4) is 17.2 Å². The molecule has 4 heterocycles. The summed E-state index contributed by atoms with van der Waals surface area (Å²) in [5.74, 6) is -10.8. The van der Waals surface area contributed by atoms with Gasteiger partial charge in [0, 0.05) is 23.7 Å². The highest BCUT2D eigenvalue weighted by Crippen LogP contribution is 2.42. The van der Waals surface area contributed by atoms with E-state index >= 15 is 0 Å². The molecule has 0 bridgehead atoms. The smallest absolute Gasteiger partial charge is 0.327 e. The number of aromatic hydroxyl groups is 3. The molecule has 3 unspecified atom stereocenters. The number of anilines is 1. The molecule has 7 N–H and O–H groups in total. The van der Waals surface area contributed by atoms with Crippen LogP contribution in [-0.2, 0) is 76.8 Å². The lowest BCUT2D eigenvalue weighted by molar-refractivity contribution is -0.156. The van der Waals surface area contributed by atoms with E-state index in [4.69, 9.17) is 10.2 Å². The van der Waals surface area contributed by atoms with E-state index in [1.807, 2.05) is 58.2 Å². The second kappa shape index (κ2) is 32.1. The quantitative estimate of drug-likeness (QED) is 0.0398. The largest absolute Gasteiger partial charge is 0.506 e. The molecule has 3 aromatic carbocycles. The van der Waals surface area contributed by atoms with Gasteiger partial charge in [0.1, 0.15) is 53.7 Å². The first-order valence-electron chi connectivity index (χ1n) is 22.4. The zero-order valence-corrected chi connectivity index (χ0v) is 64.6. The Kier molecular flexibility index (Phi) is 28.4. The summed E-state index contributed by atoms with van der Waals surface area (Å²) in [5.41, 5.74) is 2.66. The van der Waals surface area contributed by atoms with Crippen LogP contribution in [0.15, 0.2) is 72.3 Å². The van der Waals surface area contributed by atoms with Crippen LogP contribution in [0.5, 0.6) is 17.2 Å². The van der Waals surface area contributed by atoms with Crippen molar-refractivity contribution in [2.75, 3.05) is 11.4 Å². The summed E-state index contributed by atoms with van der Waals surface area (Å²) in [6.07, 6.45) is 0.334. The van der Waals surface area contributed by atoms with Crippen molar-refractivity contribution in [3.63, 3.8) is 0 Å². The average molecular weight is 2240 g/mol. The minimum Gasteiger partial charge on any atom is -0.506 e. The standard InChI is InChI=1S/C15H10Br2I3NO4.C13H7Br2I2NO5.C12H9Br2NO4.C8H5Br2NO6/c1-2-5(15(24)25)3-6-7(18)4-8(19)12(11(6)20)21-13(22)9(16)10(17)14(21)23;14-8-9(15)12(21)18(11(8)20)7(13(22)23)3-4-1-5(16)10(19)6(17)2-4;13-9-10(14)12(19)15(11(9)18)4-3-6-1-2-7(16)8(17)5-6;9-4-5(10)7(15)11(6(4)14)2(8(16)17)1-3(12)13/h4-5H,2-3H2,1H3,(H,24,25);1-2,7,19H,3H2,(H,22,23);1-2,5,16-17H,3-4H2;2H,1H2,(H,12,13)(H,16,17). The predicted octanol–water partition coefficient (Wildman–Crippen LogP) is 10.3. The Morgan fingerprint density at radius 1 is 0.488 bits per heavy atom. The summed E-state index contributed by atoms with van der Waals surface area (Å²) in [4.78, 5) is 144. The minimum atomic E-state index is -1.73. The topological polar surface area (TPSA) is 359 Å². The lowest BCUT2D eigenvalue weighted by Crippen LogP contribution is -2.46. The number of aliphatic carboxylic acids is 4. The lowest BCUT2D eigenvalue weighted by Gasteiger charge is -2.23. The Balaban J connectivity index is 0.000000243. The summed E-state index contributed by atoms with van der Waals surface area (Å²) in [7, 11) is 0. The van der Waals surface area contributed by atoms with Crippen molar-refractivity contribution < 1.29 is 93.3 Å². The van der Waals surface area contributed by atoms with Gasteiger partial charge < -0.3 is 35.7 Å². The molecule has 0 spiro atoms. The van der Waals surface area contributed by atoms with Gasteiger partial charge in [-0.1, -0.05) is 13.0 Å². The number of hydrogen-bond donors (Lipinski definition) is 7. The minimum absolute atomic E-state index is 0.00335. The Hall–Kier alpha value is -2.05. The van der Waals surface area contributed by atoms with Crippen LogP contribution < -0.4 is 4.90 Å². The zero-order chi connectivity index (χ0) is 64.0. The van der Waals surface area contributed by atoms with Crippen molar-refractivity contribution in [2.45, 2.75) is 51.1 Å². The number of halogens is 13. The van der Waals surface area contributed by atoms with Gasteiger partial charge in [-0.15, -0.1) is 0 Å². The van der Waals surface area contributed by atoms with Crippen molar-refractivity contribution in [1.82, 2.24) is 14.7 Å². The molecule has 0 aliphatic carbocycles. The van der Waals surface area contributed by atoms with Gasteiger partial charge in [0.2, 0.25) is 0 Å². The zero-order valence-electron chi connectivity index (χ0n) is 41.2. The van der Waals surface area contributed by atoms with Crippen molar-refractivity contribution in [3.05, 3.63) is 107 Å². The molecule has 0 saturated heterocycles. The maximum Gasteiger partial charge on any atom is 0.327 e. The summed E-state index contributed by atoms with van der Waals surface area (Å²) >= 11 is 34.1. The van der Waals surface area contributed by atoms with E-state index in [9.17, 15) is 83.1 Å². The van der Waals surface area contributed by atoms with Crippen LogP contribution in [0, 0.1) is 23.8 Å². The van der Waals surface area contributed by atoms with E-state index in [0.717, 1.165) is 31.6 Å². The number of carboxylic acid groups (broad SMARTS) is 4. The highest BCUT2D eigenvalue weighted by Gasteiger charge is 2.46. The third-order valence-electron chi connectivity index (χ3n) is 11.5. The molecule has 4 aliphatic heterocycles. The molecular weight excluding hydrogens is 2210 g/mol. The Labute approximate surface area is 609 Å². The van der Waals surface area contributed by atoms with Crippen LogP contribution in [0.3, 0.4) is 0 Å². The van der Waals surface area contributed by atoms with Gasteiger partial charge in [0.25, 0.3) is 47.3 Å². The number of carbonyl (C=O) groups is 12. The van der Waals surface area contributed by atoms with E-state index in [1.54, 1.807) is 18.2 Å². The van der Waals surface area contributed by atoms with Gasteiger partial charge in [-0.25, -0.2) is 14.5 Å². The number of rotatable bonds is 16. The molecule has 8 amide bonds. The van der Waals surface area contributed by atoms with Gasteiger partial charge in [-0.05, 0) is 307 Å². The molecule has 0 aromatic heterocycles. The molecule has 4 aliphatic rings. The van der Waals surface area contributed by atoms with Crippen LogP contribution in [0.2, 0.25) is 0 Å². The maximum atomic E-state index is 12.5. The molecule has 3 atom stereocenters. The Morgan fingerprint density at radius 3 is 1.30 bits per heavy atom. The number of phenols is 3. The number of carbonyl (C=O) groups excluding carboxylic acids is 8. The van der Waals surface area contributed by atoms with Gasteiger partial charge >= 0.3 is 23.9 Å². The van der Waals surface area contributed by atoms with Crippen molar-refractivity contribution >= 4 is 317 Å². The normalized spacial score (nSPS) is 16.3. The van der Waals surface area contributed by atoms with Crippen LogP contribution in [-0.4, -0.2) is 140 Å². The van der Waals surface area contributed by atoms with Crippen molar-refractivity contribution in [2.24, 2.45) is 5.92 Å². The van der Waals surface area contributed by atoms with Crippen LogP contribution in [0.1, 0.15) is 36.5 Å². The van der Waals surface area contributed by atoms with Gasteiger partial charge in [0.05, 0.1) is 25.2 Å². The third kappa shape index (κ3) is 17.3. The molecule has 0 saturated carbocycles. The third-order valence-corrected chi connectivity index (χ3v) is 24.1. The van der Waals surface area contributed by atoms with Crippen LogP contribution in [0.25, 0.3) is 0 Å². The summed E-state index contributed by atoms with van der Waals surface area (Å²) in [6.45, 7) is 2.03. The molecule has 7 rings (SSSR count). The lowest BCUT2D eigenvalue weighted by atomic mass is 9.96. The van der Waals surface area contributed by atoms with E-state index in [-0.39, 0.29) is 77.9 Å². The number of phenolic OH excluding ortho intramolecular Hbond substituents is 3. The van der Waals surface area contributed by atoms with Gasteiger partial charge in [-0.3, -0.25) is 62.6 Å². The summed E-state index contributed by atoms with van der Waals surface area (Å²) in [5, 5.41) is 64.5. The highest BCUT2D eigenvalue weighted by atomic mass is 127. The number of amides is 8. The molecule has 0 fully saturated rings. The van der Waals surface area contributed by atoms with E-state index in [2.05, 4.69) is 195 Å². The SMILES string of the molecule is CCC(Cc1c(I)cc(I)c(N2C(=O)C(Br)=C(Br)C2=O)c1I)C(=O)O.O=C(O)C(Cc1cc(I)c(O)c(I)c1)N1C(=O)C(Br)=C(Br)C1=O.O=C(O)CC(C(=O)O)N1C(=O)C(Br)=C(Br)C1=O.O=C1C(Br)=C(Br)C(=O)N1CCc1ccc(O)c(O)c1. The highest BCUT2D eigenvalue weighted by molar-refractivity contribution is 14.1. The van der Waals surface area contributed by atoms with Gasteiger partial charge in [0.15, 0.2) is 11.5 Å². The fourth-order valence-electron chi connectivity index (χ4n) is 7.28. The molecule has 3 aromatic rings. The first-order chi connectivity index (χ1) is 38.9. The Bertz CT molecular complexity index is 3430. The summed E-state index contributed by atoms with van der Waals surface area (Å²) < 4.78 is 4.06. The number of benzene rings is 3. The number of nitrogens with zero attached hydrogens (tertiary/aromatic N) is 4. The molecule has 23 nitrogen and oxygen atoms in total. The van der Waals surface area contributed by atoms with Gasteiger partial charge in [-0.2, -0.15) is 0 Å². The summed E-state index contributed by atoms with van der Waals surface area (Å²) in [6, 6.07) is 6.43. The second-order valence-electron chi connectivity index (χ2n) is 16.8. The molecule has 36 heteroatoms. The first kappa shape index (κ1) is 74.4. The number of imide groups is 4. The van der Waals surface area contributed by atoms with Crippen molar-refractivity contribution in [1.29, 1.82) is 0 Å². The predicted molar refractivity (Wildman–Crippen MR) is 368 cm³/mol. The van der Waals surface area contributed by atoms with E-state index in [0.29, 0.717) is 47.5 Å². The molecule has 0 radical (unpaired) electrons. The number of carboxylic acids is 4. The molecule has 84 heavy (non-hydrogen) atoms. The second-order valence-corrected chi connectivity index (χ2v) is 28.9. The van der Waals surface area contributed by atoms with E-state index in [1.165, 1.54) is 12.1 Å². The molecule has 448 valence electrons. The Morgan fingerprint density at radius 2 is 0.905 bits per heavy atom. The maximum absolute atomic E-state index is 12.5.